The van der Waals surface area contributed by atoms with Gasteiger partial charge in [0.1, 0.15) is 0 Å². The highest BCUT2D eigenvalue weighted by Crippen LogP contribution is 2.24. The molecule has 1 aliphatic heterocycles. The lowest BCUT2D eigenvalue weighted by Gasteiger charge is -2.29. The maximum absolute atomic E-state index is 3.92. The van der Waals surface area contributed by atoms with E-state index >= 15 is 0 Å². The van der Waals surface area contributed by atoms with Gasteiger partial charge in [-0.05, 0) is 56.6 Å². The van der Waals surface area contributed by atoms with Crippen molar-refractivity contribution in [3.05, 3.63) is 35.9 Å². The van der Waals surface area contributed by atoms with Crippen molar-refractivity contribution in [3.63, 3.8) is 0 Å². The lowest BCUT2D eigenvalue weighted by atomic mass is 9.87. The molecule has 2 nitrogen and oxygen atoms in total. The molecule has 1 saturated carbocycles. The van der Waals surface area contributed by atoms with E-state index in [4.69, 9.17) is 0 Å². The Morgan fingerprint density at radius 3 is 2.52 bits per heavy atom. The summed E-state index contributed by atoms with van der Waals surface area (Å²) >= 11 is 0. The molecule has 1 aromatic carbocycles. The third-order valence-corrected chi connectivity index (χ3v) is 5.32. The van der Waals surface area contributed by atoms with Gasteiger partial charge in [-0.1, -0.05) is 37.3 Å². The Balaban J connectivity index is 1.37. The normalized spacial score (nSPS) is 30.6. The number of nitrogens with one attached hydrogen (secondary N) is 1. The predicted octanol–water partition coefficient (Wildman–Crippen LogP) is 3.47. The SMILES string of the molecule is CC1CCC(NC2CCN(CCc3ccccc3)C2)CC1. The van der Waals surface area contributed by atoms with Crippen molar-refractivity contribution < 1.29 is 0 Å². The Hall–Kier alpha value is -0.860. The molecule has 3 rings (SSSR count). The van der Waals surface area contributed by atoms with Crippen LogP contribution in [0, 0.1) is 5.92 Å². The van der Waals surface area contributed by atoms with Gasteiger partial charge in [0.05, 0.1) is 0 Å². The quantitative estimate of drug-likeness (QED) is 0.891. The summed E-state index contributed by atoms with van der Waals surface area (Å²) in [6.45, 7) is 6.13. The van der Waals surface area contributed by atoms with Crippen LogP contribution in [0.2, 0.25) is 0 Å². The topological polar surface area (TPSA) is 15.3 Å². The van der Waals surface area contributed by atoms with Gasteiger partial charge in [-0.25, -0.2) is 0 Å². The van der Waals surface area contributed by atoms with Crippen LogP contribution in [-0.4, -0.2) is 36.6 Å². The lowest BCUT2D eigenvalue weighted by Crippen LogP contribution is -2.42. The van der Waals surface area contributed by atoms with Crippen LogP contribution in [0.1, 0.15) is 44.6 Å². The van der Waals surface area contributed by atoms with Crippen molar-refractivity contribution in [1.82, 2.24) is 10.2 Å². The first kappa shape index (κ1) is 15.1. The molecular weight excluding hydrogens is 256 g/mol. The molecule has 1 unspecified atom stereocenters. The Morgan fingerprint density at radius 2 is 1.76 bits per heavy atom. The smallest absolute Gasteiger partial charge is 0.0209 e. The molecule has 2 aliphatic rings. The van der Waals surface area contributed by atoms with Crippen LogP contribution < -0.4 is 5.32 Å². The Labute approximate surface area is 129 Å². The number of hydrogen-bond acceptors (Lipinski definition) is 2. The zero-order valence-corrected chi connectivity index (χ0v) is 13.4. The van der Waals surface area contributed by atoms with E-state index in [1.165, 1.54) is 63.7 Å². The van der Waals surface area contributed by atoms with Gasteiger partial charge < -0.3 is 10.2 Å². The van der Waals surface area contributed by atoms with Crippen molar-refractivity contribution in [2.24, 2.45) is 5.92 Å². The van der Waals surface area contributed by atoms with Crippen LogP contribution in [0.5, 0.6) is 0 Å². The molecule has 1 aliphatic carbocycles. The molecule has 21 heavy (non-hydrogen) atoms. The first-order valence-electron chi connectivity index (χ1n) is 8.82. The summed E-state index contributed by atoms with van der Waals surface area (Å²) in [5.41, 5.74) is 1.47. The molecule has 1 saturated heterocycles. The minimum atomic E-state index is 0.735. The van der Waals surface area contributed by atoms with E-state index in [1.54, 1.807) is 0 Å². The van der Waals surface area contributed by atoms with E-state index < -0.39 is 0 Å². The lowest BCUT2D eigenvalue weighted by molar-refractivity contribution is 0.277. The van der Waals surface area contributed by atoms with Crippen LogP contribution in [-0.2, 0) is 6.42 Å². The maximum Gasteiger partial charge on any atom is 0.0209 e. The Bertz CT molecular complexity index is 409. The summed E-state index contributed by atoms with van der Waals surface area (Å²) in [5, 5.41) is 3.92. The van der Waals surface area contributed by atoms with Crippen molar-refractivity contribution in [1.29, 1.82) is 0 Å². The summed E-state index contributed by atoms with van der Waals surface area (Å²) in [6, 6.07) is 12.4. The monoisotopic (exact) mass is 286 g/mol. The predicted molar refractivity (Wildman–Crippen MR) is 89.5 cm³/mol. The molecule has 0 amide bonds. The summed E-state index contributed by atoms with van der Waals surface area (Å²) in [4.78, 5) is 2.64. The Morgan fingerprint density at radius 1 is 1.00 bits per heavy atom. The molecular formula is C19H30N2. The zero-order valence-electron chi connectivity index (χ0n) is 13.4. The molecule has 0 spiro atoms. The number of benzene rings is 1. The van der Waals surface area contributed by atoms with Gasteiger partial charge in [0, 0.05) is 25.2 Å². The molecule has 2 fully saturated rings. The fraction of sp³-hybridized carbons (Fsp3) is 0.684. The van der Waals surface area contributed by atoms with Crippen molar-refractivity contribution in [2.45, 2.75) is 57.5 Å². The van der Waals surface area contributed by atoms with Gasteiger partial charge in [-0.3, -0.25) is 0 Å². The second-order valence-corrected chi connectivity index (χ2v) is 7.15. The van der Waals surface area contributed by atoms with Crippen LogP contribution in [0.3, 0.4) is 0 Å². The average molecular weight is 286 g/mol. The van der Waals surface area contributed by atoms with Gasteiger partial charge in [0.25, 0.3) is 0 Å². The number of rotatable bonds is 5. The fourth-order valence-electron chi connectivity index (χ4n) is 3.86. The standard InChI is InChI=1S/C19H30N2/c1-16-7-9-18(10-8-16)20-19-12-14-21(15-19)13-11-17-5-3-2-4-6-17/h2-6,16,18-20H,7-15H2,1H3. The van der Waals surface area contributed by atoms with Gasteiger partial charge >= 0.3 is 0 Å². The summed E-state index contributed by atoms with van der Waals surface area (Å²) in [6.07, 6.45) is 8.14. The van der Waals surface area contributed by atoms with E-state index in [9.17, 15) is 0 Å². The second-order valence-electron chi connectivity index (χ2n) is 7.15. The minimum Gasteiger partial charge on any atom is -0.310 e. The largest absolute Gasteiger partial charge is 0.310 e. The molecule has 2 heteroatoms. The van der Waals surface area contributed by atoms with Crippen LogP contribution in [0.25, 0.3) is 0 Å². The van der Waals surface area contributed by atoms with Crippen molar-refractivity contribution in [3.8, 4) is 0 Å². The number of likely N-dealkylation sites (tertiary alicyclic amines) is 1. The fourth-order valence-corrected chi connectivity index (χ4v) is 3.86. The Kier molecular flexibility index (Phi) is 5.32. The van der Waals surface area contributed by atoms with Crippen LogP contribution in [0.15, 0.2) is 30.3 Å². The molecule has 0 bridgehead atoms. The molecule has 0 radical (unpaired) electrons. The summed E-state index contributed by atoms with van der Waals surface area (Å²) in [5.74, 6) is 0.953. The van der Waals surface area contributed by atoms with E-state index in [-0.39, 0.29) is 0 Å². The number of nitrogens with zero attached hydrogens (tertiary/aromatic N) is 1. The van der Waals surface area contributed by atoms with E-state index in [1.807, 2.05) is 0 Å². The van der Waals surface area contributed by atoms with Crippen molar-refractivity contribution >= 4 is 0 Å². The average Bonchev–Trinajstić information content (AvgIpc) is 2.96. The van der Waals surface area contributed by atoms with Crippen molar-refractivity contribution in [2.75, 3.05) is 19.6 Å². The highest BCUT2D eigenvalue weighted by Gasteiger charge is 2.26. The van der Waals surface area contributed by atoms with Gasteiger partial charge in [-0.2, -0.15) is 0 Å². The molecule has 0 aromatic heterocycles. The van der Waals surface area contributed by atoms with E-state index in [0.717, 1.165) is 18.0 Å². The summed E-state index contributed by atoms with van der Waals surface area (Å²) < 4.78 is 0. The van der Waals surface area contributed by atoms with E-state index in [0.29, 0.717) is 0 Å². The first-order valence-corrected chi connectivity index (χ1v) is 8.82. The molecule has 1 aromatic rings. The highest BCUT2D eigenvalue weighted by molar-refractivity contribution is 5.14. The highest BCUT2D eigenvalue weighted by atomic mass is 15.2. The van der Waals surface area contributed by atoms with E-state index in [2.05, 4.69) is 47.5 Å². The van der Waals surface area contributed by atoms with Crippen LogP contribution in [0.4, 0.5) is 0 Å². The molecule has 116 valence electrons. The molecule has 1 atom stereocenters. The zero-order chi connectivity index (χ0) is 14.5. The number of hydrogen-bond donors (Lipinski definition) is 1. The van der Waals surface area contributed by atoms with Crippen LogP contribution >= 0.6 is 0 Å². The van der Waals surface area contributed by atoms with Gasteiger partial charge in [-0.15, -0.1) is 0 Å². The minimum absolute atomic E-state index is 0.735. The van der Waals surface area contributed by atoms with Gasteiger partial charge in [0.15, 0.2) is 0 Å². The molecule has 1 heterocycles. The second kappa shape index (κ2) is 7.42. The molecule has 1 N–H and O–H groups in total. The van der Waals surface area contributed by atoms with Gasteiger partial charge in [0.2, 0.25) is 0 Å². The maximum atomic E-state index is 3.92. The first-order chi connectivity index (χ1) is 10.3. The third-order valence-electron chi connectivity index (χ3n) is 5.32. The third kappa shape index (κ3) is 4.55. The summed E-state index contributed by atoms with van der Waals surface area (Å²) in [7, 11) is 0.